The maximum absolute atomic E-state index is 13.0. The van der Waals surface area contributed by atoms with Gasteiger partial charge in [-0.05, 0) is 42.5 Å². The molecule has 1 amide bonds. The van der Waals surface area contributed by atoms with Gasteiger partial charge in [0.05, 0.1) is 35.9 Å². The van der Waals surface area contributed by atoms with E-state index in [-0.39, 0.29) is 29.4 Å². The number of carbonyl (C=O) groups excluding carboxylic acids is 1. The predicted molar refractivity (Wildman–Crippen MR) is 120 cm³/mol. The summed E-state index contributed by atoms with van der Waals surface area (Å²) in [6, 6.07) is 14.6. The van der Waals surface area contributed by atoms with Gasteiger partial charge < -0.3 is 19.2 Å². The first-order valence-corrected chi connectivity index (χ1v) is 11.6. The molecule has 8 nitrogen and oxygen atoms in total. The van der Waals surface area contributed by atoms with Gasteiger partial charge in [0.15, 0.2) is 5.76 Å². The number of rotatable bonds is 6. The molecule has 0 bridgehead atoms. The zero-order valence-electron chi connectivity index (χ0n) is 17.2. The van der Waals surface area contributed by atoms with Crippen molar-refractivity contribution < 1.29 is 27.1 Å². The van der Waals surface area contributed by atoms with Crippen LogP contribution in [0.2, 0.25) is 5.02 Å². The van der Waals surface area contributed by atoms with E-state index in [1.807, 2.05) is 6.07 Å². The van der Waals surface area contributed by atoms with Crippen molar-refractivity contribution in [1.29, 1.82) is 0 Å². The first-order valence-electron chi connectivity index (χ1n) is 9.82. The highest BCUT2D eigenvalue weighted by Gasteiger charge is 2.27. The molecule has 2 heterocycles. The second-order valence-electron chi connectivity index (χ2n) is 6.98. The molecule has 3 aromatic rings. The molecule has 0 aliphatic carbocycles. The lowest BCUT2D eigenvalue weighted by molar-refractivity contribution is 0.0730. The minimum Gasteiger partial charge on any atom is -0.495 e. The molecule has 0 radical (unpaired) electrons. The van der Waals surface area contributed by atoms with Crippen molar-refractivity contribution in [2.45, 2.75) is 4.90 Å². The van der Waals surface area contributed by atoms with Crippen molar-refractivity contribution >= 4 is 33.2 Å². The van der Waals surface area contributed by atoms with E-state index in [0.717, 1.165) is 0 Å². The van der Waals surface area contributed by atoms with Crippen LogP contribution in [0.3, 0.4) is 0 Å². The van der Waals surface area contributed by atoms with Crippen LogP contribution in [0.15, 0.2) is 63.9 Å². The average Bonchev–Trinajstić information content (AvgIpc) is 3.30. The fraction of sp³-hybridized carbons (Fsp3) is 0.227. The Morgan fingerprint density at radius 3 is 2.56 bits per heavy atom. The molecular formula is C22H21ClN2O6S. The van der Waals surface area contributed by atoms with E-state index >= 15 is 0 Å². The summed E-state index contributed by atoms with van der Waals surface area (Å²) in [5, 5.41) is 3.17. The van der Waals surface area contributed by atoms with Gasteiger partial charge in [-0.25, -0.2) is 8.42 Å². The number of halogens is 1. The smallest absolute Gasteiger partial charge is 0.291 e. The highest BCUT2D eigenvalue weighted by atomic mass is 35.5. The van der Waals surface area contributed by atoms with E-state index < -0.39 is 15.9 Å². The minimum atomic E-state index is -3.74. The molecule has 0 unspecified atom stereocenters. The number of hydrogen-bond acceptors (Lipinski definition) is 6. The van der Waals surface area contributed by atoms with Gasteiger partial charge in [-0.2, -0.15) is 4.31 Å². The standard InChI is InChI=1S/C22H21ClN2O6S/c1-29-20-7-6-15(32(27,28)25-10-12-30-13-11-25)14-18(20)24-22(26)21-9-8-19(31-21)16-4-2-3-5-17(16)23/h2-9,14H,10-13H2,1H3,(H,24,26). The van der Waals surface area contributed by atoms with E-state index in [1.54, 1.807) is 24.3 Å². The normalized spacial score (nSPS) is 14.8. The SMILES string of the molecule is COc1ccc(S(=O)(=O)N2CCOCC2)cc1NC(=O)c1ccc(-c2ccccc2Cl)o1. The van der Waals surface area contributed by atoms with Gasteiger partial charge >= 0.3 is 0 Å². The van der Waals surface area contributed by atoms with Crippen LogP contribution in [0.5, 0.6) is 5.75 Å². The number of hydrogen-bond donors (Lipinski definition) is 1. The zero-order valence-corrected chi connectivity index (χ0v) is 18.8. The van der Waals surface area contributed by atoms with Crippen LogP contribution in [-0.2, 0) is 14.8 Å². The number of carbonyl (C=O) groups is 1. The second-order valence-corrected chi connectivity index (χ2v) is 9.32. The fourth-order valence-corrected chi connectivity index (χ4v) is 4.99. The Labute approximate surface area is 190 Å². The zero-order chi connectivity index (χ0) is 22.7. The molecule has 0 spiro atoms. The lowest BCUT2D eigenvalue weighted by Crippen LogP contribution is -2.40. The molecule has 1 aromatic heterocycles. The van der Waals surface area contributed by atoms with Gasteiger partial charge in [0, 0.05) is 18.7 Å². The van der Waals surface area contributed by atoms with Gasteiger partial charge in [0.25, 0.3) is 5.91 Å². The number of furan rings is 1. The first-order chi connectivity index (χ1) is 15.4. The van der Waals surface area contributed by atoms with Crippen LogP contribution in [0.25, 0.3) is 11.3 Å². The number of morpholine rings is 1. The lowest BCUT2D eigenvalue weighted by atomic mass is 10.2. The van der Waals surface area contributed by atoms with Crippen LogP contribution >= 0.6 is 11.6 Å². The average molecular weight is 477 g/mol. The summed E-state index contributed by atoms with van der Waals surface area (Å²) in [5.41, 5.74) is 0.868. The maximum atomic E-state index is 13.0. The number of amides is 1. The van der Waals surface area contributed by atoms with E-state index in [1.165, 1.54) is 35.7 Å². The van der Waals surface area contributed by atoms with Gasteiger partial charge in [-0.3, -0.25) is 4.79 Å². The van der Waals surface area contributed by atoms with Crippen LogP contribution < -0.4 is 10.1 Å². The Balaban J connectivity index is 1.59. The molecule has 32 heavy (non-hydrogen) atoms. The monoisotopic (exact) mass is 476 g/mol. The predicted octanol–water partition coefficient (Wildman–Crippen LogP) is 3.88. The summed E-state index contributed by atoms with van der Waals surface area (Å²) < 4.78 is 43.5. The largest absolute Gasteiger partial charge is 0.495 e. The van der Waals surface area contributed by atoms with Crippen molar-refractivity contribution in [2.75, 3.05) is 38.7 Å². The summed E-state index contributed by atoms with van der Waals surface area (Å²) in [5.74, 6) is 0.249. The Hall–Kier alpha value is -2.85. The Bertz CT molecular complexity index is 1230. The number of anilines is 1. The van der Waals surface area contributed by atoms with E-state index in [2.05, 4.69) is 5.32 Å². The van der Waals surface area contributed by atoms with Crippen LogP contribution in [0.1, 0.15) is 10.6 Å². The van der Waals surface area contributed by atoms with E-state index in [4.69, 9.17) is 25.5 Å². The van der Waals surface area contributed by atoms with Gasteiger partial charge in [-0.15, -0.1) is 0 Å². The summed E-state index contributed by atoms with van der Waals surface area (Å²) in [6.45, 7) is 1.22. The Morgan fingerprint density at radius 1 is 1.09 bits per heavy atom. The van der Waals surface area contributed by atoms with Gasteiger partial charge in [-0.1, -0.05) is 23.7 Å². The summed E-state index contributed by atoms with van der Waals surface area (Å²) in [7, 11) is -2.30. The molecule has 168 valence electrons. The molecule has 4 rings (SSSR count). The number of nitrogens with one attached hydrogen (secondary N) is 1. The maximum Gasteiger partial charge on any atom is 0.291 e. The molecule has 1 aliphatic rings. The van der Waals surface area contributed by atoms with Crippen molar-refractivity contribution in [3.05, 3.63) is 65.4 Å². The number of methoxy groups -OCH3 is 1. The minimum absolute atomic E-state index is 0.0448. The molecule has 1 saturated heterocycles. The molecule has 10 heteroatoms. The highest BCUT2D eigenvalue weighted by Crippen LogP contribution is 2.32. The number of sulfonamides is 1. The second kappa shape index (κ2) is 9.33. The van der Waals surface area contributed by atoms with Crippen molar-refractivity contribution in [1.82, 2.24) is 4.31 Å². The van der Waals surface area contributed by atoms with E-state index in [0.29, 0.717) is 35.3 Å². The van der Waals surface area contributed by atoms with Gasteiger partial charge in [0.1, 0.15) is 11.5 Å². The summed E-state index contributed by atoms with van der Waals surface area (Å²) in [4.78, 5) is 12.9. The van der Waals surface area contributed by atoms with Crippen LogP contribution in [0, 0.1) is 0 Å². The van der Waals surface area contributed by atoms with Crippen LogP contribution in [-0.4, -0.2) is 52.0 Å². The van der Waals surface area contributed by atoms with Gasteiger partial charge in [0.2, 0.25) is 10.0 Å². The molecule has 2 aromatic carbocycles. The number of ether oxygens (including phenoxy) is 2. The molecule has 1 N–H and O–H groups in total. The van der Waals surface area contributed by atoms with E-state index in [9.17, 15) is 13.2 Å². The summed E-state index contributed by atoms with van der Waals surface area (Å²) >= 11 is 6.20. The third kappa shape index (κ3) is 4.51. The highest BCUT2D eigenvalue weighted by molar-refractivity contribution is 7.89. The third-order valence-corrected chi connectivity index (χ3v) is 7.22. The van der Waals surface area contributed by atoms with Crippen molar-refractivity contribution in [3.63, 3.8) is 0 Å². The summed E-state index contributed by atoms with van der Waals surface area (Å²) in [6.07, 6.45) is 0. The molecule has 0 atom stereocenters. The third-order valence-electron chi connectivity index (χ3n) is 5.00. The number of benzene rings is 2. The fourth-order valence-electron chi connectivity index (χ4n) is 3.33. The first kappa shape index (κ1) is 22.3. The topological polar surface area (TPSA) is 98.1 Å². The molecular weight excluding hydrogens is 456 g/mol. The lowest BCUT2D eigenvalue weighted by Gasteiger charge is -2.26. The molecule has 1 aliphatic heterocycles. The Kier molecular flexibility index (Phi) is 6.52. The number of nitrogens with zero attached hydrogens (tertiary/aromatic N) is 1. The molecule has 0 saturated carbocycles. The van der Waals surface area contributed by atoms with Crippen LogP contribution in [0.4, 0.5) is 5.69 Å². The quantitative estimate of drug-likeness (QED) is 0.579. The Morgan fingerprint density at radius 2 is 1.84 bits per heavy atom. The molecule has 1 fully saturated rings. The van der Waals surface area contributed by atoms with Crippen molar-refractivity contribution in [2.24, 2.45) is 0 Å². The van der Waals surface area contributed by atoms with Crippen molar-refractivity contribution in [3.8, 4) is 17.1 Å².